The molecule has 0 aliphatic carbocycles. The van der Waals surface area contributed by atoms with Crippen LogP contribution in [0.15, 0.2) is 12.2 Å². The number of carbonyl (C=O) groups excluding carboxylic acids is 1. The lowest BCUT2D eigenvalue weighted by molar-refractivity contribution is -0.331. The average molecular weight is 320 g/mol. The summed E-state index contributed by atoms with van der Waals surface area (Å²) in [6, 6.07) is 0. The summed E-state index contributed by atoms with van der Waals surface area (Å²) in [4.78, 5) is 24.1. The second-order valence-corrected chi connectivity index (χ2v) is 7.50. The number of halogens is 1. The van der Waals surface area contributed by atoms with Gasteiger partial charge in [0, 0.05) is 23.0 Å². The molecule has 0 unspecified atom stereocenters. The Labute approximate surface area is 117 Å². The first-order chi connectivity index (χ1) is 8.29. The highest BCUT2D eigenvalue weighted by atomic mass is 79.9. The Morgan fingerprint density at radius 3 is 2.44 bits per heavy atom. The summed E-state index contributed by atoms with van der Waals surface area (Å²) in [5.74, 6) is 0.0379. The smallest absolute Gasteiger partial charge is 0.248 e. The molecule has 0 spiro atoms. The van der Waals surface area contributed by atoms with Crippen LogP contribution in [0.1, 0.15) is 33.6 Å². The minimum absolute atomic E-state index is 0.0379. The minimum atomic E-state index is -0.0797. The maximum atomic E-state index is 11.7. The third-order valence-corrected chi connectivity index (χ3v) is 2.93. The van der Waals surface area contributed by atoms with Crippen LogP contribution < -0.4 is 0 Å². The van der Waals surface area contributed by atoms with Crippen molar-refractivity contribution < 1.29 is 14.6 Å². The van der Waals surface area contributed by atoms with E-state index in [9.17, 15) is 4.79 Å². The van der Waals surface area contributed by atoms with Crippen molar-refractivity contribution >= 4 is 21.8 Å². The summed E-state index contributed by atoms with van der Waals surface area (Å²) in [6.45, 7) is 11.4. The van der Waals surface area contributed by atoms with Crippen LogP contribution in [0.2, 0.25) is 0 Å². The van der Waals surface area contributed by atoms with Crippen LogP contribution in [0.5, 0.6) is 0 Å². The first-order valence-electron chi connectivity index (χ1n) is 6.21. The monoisotopic (exact) mass is 319 g/mol. The van der Waals surface area contributed by atoms with Gasteiger partial charge in [0.1, 0.15) is 0 Å². The predicted molar refractivity (Wildman–Crippen MR) is 74.5 cm³/mol. The number of alkyl halides is 1. The summed E-state index contributed by atoms with van der Waals surface area (Å²) in [5, 5.41) is 0. The number of carbonyl (C=O) groups is 1. The molecule has 1 amide bonds. The second kappa shape index (κ2) is 6.68. The number of nitrogens with zero attached hydrogens (tertiary/aromatic N) is 1. The SMILES string of the molecule is C=C(C)C(=O)N1CCC(OOCC(C)(C)Br)CC1. The standard InChI is InChI=1S/C13H22BrNO3/c1-10(2)12(16)15-7-5-11(6-8-15)18-17-9-13(3,4)14/h11H,1,5-9H2,2-4H3. The molecular weight excluding hydrogens is 298 g/mol. The highest BCUT2D eigenvalue weighted by Gasteiger charge is 2.24. The molecule has 0 radical (unpaired) electrons. The zero-order chi connectivity index (χ0) is 13.8. The lowest BCUT2D eigenvalue weighted by atomic mass is 10.1. The van der Waals surface area contributed by atoms with Gasteiger partial charge in [-0.15, -0.1) is 0 Å². The first kappa shape index (κ1) is 15.7. The molecule has 1 aliphatic rings. The molecule has 0 N–H and O–H groups in total. The van der Waals surface area contributed by atoms with Gasteiger partial charge >= 0.3 is 0 Å². The molecule has 1 rings (SSSR count). The Bertz CT molecular complexity index is 304. The van der Waals surface area contributed by atoms with Gasteiger partial charge in [-0.3, -0.25) is 4.79 Å². The summed E-state index contributed by atoms with van der Waals surface area (Å²) in [5.41, 5.74) is 0.589. The summed E-state index contributed by atoms with van der Waals surface area (Å²) in [6.07, 6.45) is 1.69. The number of likely N-dealkylation sites (tertiary alicyclic amines) is 1. The predicted octanol–water partition coefficient (Wildman–Crippen LogP) is 2.68. The fourth-order valence-corrected chi connectivity index (χ4v) is 1.79. The molecule has 4 nitrogen and oxygen atoms in total. The Hall–Kier alpha value is -0.390. The molecule has 0 saturated carbocycles. The van der Waals surface area contributed by atoms with E-state index in [1.807, 2.05) is 18.7 Å². The van der Waals surface area contributed by atoms with Crippen LogP contribution in [0, 0.1) is 0 Å². The van der Waals surface area contributed by atoms with Crippen molar-refractivity contribution in [1.82, 2.24) is 4.90 Å². The maximum absolute atomic E-state index is 11.7. The van der Waals surface area contributed by atoms with Crippen LogP contribution in [-0.2, 0) is 14.6 Å². The average Bonchev–Trinajstić information content (AvgIpc) is 2.27. The van der Waals surface area contributed by atoms with E-state index in [0.29, 0.717) is 25.3 Å². The number of amides is 1. The molecule has 1 aliphatic heterocycles. The molecule has 0 aromatic heterocycles. The van der Waals surface area contributed by atoms with Gasteiger partial charge in [-0.05, 0) is 33.6 Å². The van der Waals surface area contributed by atoms with Crippen molar-refractivity contribution in [3.8, 4) is 0 Å². The quantitative estimate of drug-likeness (QED) is 0.338. The van der Waals surface area contributed by atoms with Crippen molar-refractivity contribution in [2.45, 2.75) is 44.0 Å². The molecule has 0 bridgehead atoms. The van der Waals surface area contributed by atoms with Gasteiger partial charge in [0.25, 0.3) is 0 Å². The maximum Gasteiger partial charge on any atom is 0.248 e. The lowest BCUT2D eigenvalue weighted by Gasteiger charge is -2.31. The fourth-order valence-electron chi connectivity index (χ4n) is 1.70. The van der Waals surface area contributed by atoms with Crippen molar-refractivity contribution in [3.05, 3.63) is 12.2 Å². The minimum Gasteiger partial charge on any atom is -0.339 e. The molecule has 0 atom stereocenters. The first-order valence-corrected chi connectivity index (χ1v) is 7.01. The molecule has 1 heterocycles. The number of piperidine rings is 1. The van der Waals surface area contributed by atoms with Gasteiger partial charge in [0.2, 0.25) is 5.91 Å². The van der Waals surface area contributed by atoms with Gasteiger partial charge in [-0.1, -0.05) is 22.5 Å². The Morgan fingerprint density at radius 2 is 2.00 bits per heavy atom. The fraction of sp³-hybridized carbons (Fsp3) is 0.769. The van der Waals surface area contributed by atoms with Crippen LogP contribution in [0.4, 0.5) is 0 Å². The second-order valence-electron chi connectivity index (χ2n) is 5.35. The van der Waals surface area contributed by atoms with E-state index in [4.69, 9.17) is 9.78 Å². The van der Waals surface area contributed by atoms with E-state index in [1.165, 1.54) is 0 Å². The summed E-state index contributed by atoms with van der Waals surface area (Å²) < 4.78 is -0.0797. The third-order valence-electron chi connectivity index (χ3n) is 2.70. The molecule has 5 heteroatoms. The summed E-state index contributed by atoms with van der Waals surface area (Å²) >= 11 is 3.48. The van der Waals surface area contributed by atoms with Crippen molar-refractivity contribution in [3.63, 3.8) is 0 Å². The Kier molecular flexibility index (Phi) is 5.82. The Balaban J connectivity index is 2.23. The lowest BCUT2D eigenvalue weighted by Crippen LogP contribution is -2.41. The molecule has 1 saturated heterocycles. The molecule has 18 heavy (non-hydrogen) atoms. The van der Waals surface area contributed by atoms with Gasteiger partial charge in [-0.25, -0.2) is 9.78 Å². The molecule has 0 aromatic carbocycles. The van der Waals surface area contributed by atoms with E-state index < -0.39 is 0 Å². The highest BCUT2D eigenvalue weighted by molar-refractivity contribution is 9.10. The van der Waals surface area contributed by atoms with Crippen LogP contribution in [0.25, 0.3) is 0 Å². The van der Waals surface area contributed by atoms with E-state index in [2.05, 4.69) is 22.5 Å². The van der Waals surface area contributed by atoms with Crippen LogP contribution in [-0.4, -0.2) is 40.9 Å². The number of rotatable bonds is 5. The molecule has 104 valence electrons. The number of hydrogen-bond acceptors (Lipinski definition) is 3. The van der Waals surface area contributed by atoms with Crippen LogP contribution in [0.3, 0.4) is 0 Å². The largest absolute Gasteiger partial charge is 0.339 e. The molecular formula is C13H22BrNO3. The van der Waals surface area contributed by atoms with Gasteiger partial charge in [-0.2, -0.15) is 0 Å². The van der Waals surface area contributed by atoms with Crippen LogP contribution >= 0.6 is 15.9 Å². The molecule has 0 aromatic rings. The number of hydrogen-bond donors (Lipinski definition) is 0. The highest BCUT2D eigenvalue weighted by Crippen LogP contribution is 2.19. The van der Waals surface area contributed by atoms with Crippen molar-refractivity contribution in [2.24, 2.45) is 0 Å². The zero-order valence-corrected chi connectivity index (χ0v) is 13.0. The van der Waals surface area contributed by atoms with Gasteiger partial charge in [0.05, 0.1) is 12.7 Å². The zero-order valence-electron chi connectivity index (χ0n) is 11.4. The van der Waals surface area contributed by atoms with Gasteiger partial charge in [0.15, 0.2) is 0 Å². The van der Waals surface area contributed by atoms with Gasteiger partial charge < -0.3 is 4.90 Å². The van der Waals surface area contributed by atoms with E-state index in [0.717, 1.165) is 12.8 Å². The third kappa shape index (κ3) is 5.50. The van der Waals surface area contributed by atoms with E-state index in [-0.39, 0.29) is 16.3 Å². The normalized spacial score (nSPS) is 17.9. The van der Waals surface area contributed by atoms with Crippen molar-refractivity contribution in [2.75, 3.05) is 19.7 Å². The summed E-state index contributed by atoms with van der Waals surface area (Å²) in [7, 11) is 0. The van der Waals surface area contributed by atoms with E-state index in [1.54, 1.807) is 6.92 Å². The van der Waals surface area contributed by atoms with E-state index >= 15 is 0 Å². The topological polar surface area (TPSA) is 38.8 Å². The van der Waals surface area contributed by atoms with Crippen molar-refractivity contribution in [1.29, 1.82) is 0 Å². The Morgan fingerprint density at radius 1 is 1.44 bits per heavy atom. The molecule has 1 fully saturated rings.